The molecule has 188 valence electrons. The summed E-state index contributed by atoms with van der Waals surface area (Å²) in [5, 5.41) is 23.5. The maximum atomic E-state index is 12.6. The number of nitrogens with zero attached hydrogens (tertiary/aromatic N) is 6. The van der Waals surface area contributed by atoms with E-state index in [9.17, 15) is 15.2 Å². The Bertz CT molecular complexity index is 1310. The Kier molecular flexibility index (Phi) is 5.96. The van der Waals surface area contributed by atoms with Crippen molar-refractivity contribution in [2.75, 3.05) is 24.6 Å². The summed E-state index contributed by atoms with van der Waals surface area (Å²) in [4.78, 5) is 21.3. The molecule has 3 aliphatic rings. The average molecular weight is 491 g/mol. The van der Waals surface area contributed by atoms with Crippen LogP contribution in [0.15, 0.2) is 36.8 Å². The van der Waals surface area contributed by atoms with E-state index in [1.165, 1.54) is 6.20 Å². The molecule has 2 unspecified atom stereocenters. The molecule has 3 aromatic heterocycles. The van der Waals surface area contributed by atoms with E-state index in [4.69, 9.17) is 14.5 Å². The van der Waals surface area contributed by atoms with Crippen LogP contribution >= 0.6 is 0 Å². The highest BCUT2D eigenvalue weighted by Gasteiger charge is 2.49. The van der Waals surface area contributed by atoms with Gasteiger partial charge in [-0.2, -0.15) is 10.4 Å². The number of ether oxygens (including phenoxy) is 2. The lowest BCUT2D eigenvalue weighted by atomic mass is 9.88. The van der Waals surface area contributed by atoms with Crippen LogP contribution in [0, 0.1) is 11.3 Å². The second-order valence-corrected chi connectivity index (χ2v) is 10.5. The predicted octanol–water partition coefficient (Wildman–Crippen LogP) is 3.23. The van der Waals surface area contributed by atoms with E-state index in [0.29, 0.717) is 29.9 Å². The Morgan fingerprint density at radius 1 is 1.28 bits per heavy atom. The number of aliphatic hydroxyl groups is 1. The third-order valence-corrected chi connectivity index (χ3v) is 6.38. The Hall–Kier alpha value is -3.84. The van der Waals surface area contributed by atoms with Crippen molar-refractivity contribution in [2.24, 2.45) is 0 Å². The monoisotopic (exact) mass is 490 g/mol. The third kappa shape index (κ3) is 4.54. The van der Waals surface area contributed by atoms with Crippen molar-refractivity contribution in [3.8, 4) is 22.9 Å². The van der Waals surface area contributed by atoms with Gasteiger partial charge in [0, 0.05) is 30.4 Å². The SMILES string of the molecule is C[C@H](O)COc1cc(-c2ccc(N3CC4CC(C3)N4C(=O)OC(C)(C)C)nc2)c2c(C#N)cnn2c1. The van der Waals surface area contributed by atoms with Crippen molar-refractivity contribution >= 4 is 17.4 Å². The largest absolute Gasteiger partial charge is 0.489 e. The van der Waals surface area contributed by atoms with Gasteiger partial charge in [-0.15, -0.1) is 0 Å². The van der Waals surface area contributed by atoms with Crippen molar-refractivity contribution in [1.29, 1.82) is 5.26 Å². The molecule has 3 aromatic rings. The lowest BCUT2D eigenvalue weighted by Gasteiger charge is -2.56. The van der Waals surface area contributed by atoms with Gasteiger partial charge in [-0.3, -0.25) is 4.90 Å². The summed E-state index contributed by atoms with van der Waals surface area (Å²) >= 11 is 0. The van der Waals surface area contributed by atoms with E-state index in [1.54, 1.807) is 23.8 Å². The minimum atomic E-state index is -0.612. The first-order valence-corrected chi connectivity index (χ1v) is 12.1. The van der Waals surface area contributed by atoms with Crippen molar-refractivity contribution in [3.05, 3.63) is 42.4 Å². The van der Waals surface area contributed by atoms with Crippen molar-refractivity contribution in [3.63, 3.8) is 0 Å². The number of carbonyl (C=O) groups excluding carboxylic acids is 1. The van der Waals surface area contributed by atoms with Gasteiger partial charge in [-0.1, -0.05) is 0 Å². The Balaban J connectivity index is 1.36. The average Bonchev–Trinajstić information content (AvgIpc) is 3.24. The van der Waals surface area contributed by atoms with Crippen LogP contribution < -0.4 is 9.64 Å². The molecule has 10 heteroatoms. The van der Waals surface area contributed by atoms with Gasteiger partial charge in [0.05, 0.1) is 41.7 Å². The van der Waals surface area contributed by atoms with Gasteiger partial charge in [0.15, 0.2) is 0 Å². The molecule has 3 fully saturated rings. The van der Waals surface area contributed by atoms with Crippen LogP contribution in [0.4, 0.5) is 10.6 Å². The second kappa shape index (κ2) is 8.99. The van der Waals surface area contributed by atoms with E-state index >= 15 is 0 Å². The van der Waals surface area contributed by atoms with E-state index in [2.05, 4.69) is 16.1 Å². The van der Waals surface area contributed by atoms with Gasteiger partial charge in [-0.25, -0.2) is 14.3 Å². The number of hydrogen-bond acceptors (Lipinski definition) is 8. The van der Waals surface area contributed by atoms with Gasteiger partial charge in [-0.05, 0) is 52.3 Å². The zero-order chi connectivity index (χ0) is 25.6. The van der Waals surface area contributed by atoms with Gasteiger partial charge in [0.1, 0.15) is 29.8 Å². The lowest BCUT2D eigenvalue weighted by Crippen LogP contribution is -2.70. The predicted molar refractivity (Wildman–Crippen MR) is 133 cm³/mol. The van der Waals surface area contributed by atoms with Gasteiger partial charge < -0.3 is 19.5 Å². The molecule has 0 radical (unpaired) electrons. The molecule has 3 saturated heterocycles. The molecular formula is C26H30N6O4. The Morgan fingerprint density at radius 2 is 2.03 bits per heavy atom. The molecule has 3 aliphatic heterocycles. The number of piperazine rings is 1. The van der Waals surface area contributed by atoms with E-state index < -0.39 is 11.7 Å². The van der Waals surface area contributed by atoms with E-state index in [1.807, 2.05) is 43.9 Å². The first kappa shape index (κ1) is 23.9. The highest BCUT2D eigenvalue weighted by molar-refractivity contribution is 5.85. The fourth-order valence-corrected chi connectivity index (χ4v) is 4.84. The molecule has 0 saturated carbocycles. The number of pyridine rings is 2. The number of nitriles is 1. The topological polar surface area (TPSA) is 116 Å². The fraction of sp³-hybridized carbons (Fsp3) is 0.462. The van der Waals surface area contributed by atoms with Crippen molar-refractivity contribution in [2.45, 2.75) is 57.9 Å². The smallest absolute Gasteiger partial charge is 0.410 e. The van der Waals surface area contributed by atoms with Crippen LogP contribution in [-0.2, 0) is 4.74 Å². The number of anilines is 1. The van der Waals surface area contributed by atoms with Crippen LogP contribution in [0.2, 0.25) is 0 Å². The molecule has 0 aliphatic carbocycles. The highest BCUT2D eigenvalue weighted by atomic mass is 16.6. The number of rotatable bonds is 5. The zero-order valence-corrected chi connectivity index (χ0v) is 20.9. The van der Waals surface area contributed by atoms with Gasteiger partial charge in [0.2, 0.25) is 0 Å². The molecule has 10 nitrogen and oxygen atoms in total. The van der Waals surface area contributed by atoms with Crippen LogP contribution in [0.5, 0.6) is 5.75 Å². The molecule has 3 atom stereocenters. The highest BCUT2D eigenvalue weighted by Crippen LogP contribution is 2.36. The number of fused-ring (bicyclic) bond motifs is 3. The van der Waals surface area contributed by atoms with E-state index in [0.717, 1.165) is 23.4 Å². The summed E-state index contributed by atoms with van der Waals surface area (Å²) in [6.45, 7) is 8.85. The number of aromatic nitrogens is 3. The van der Waals surface area contributed by atoms with Crippen molar-refractivity contribution < 1.29 is 19.4 Å². The zero-order valence-electron chi connectivity index (χ0n) is 20.9. The van der Waals surface area contributed by atoms with E-state index in [-0.39, 0.29) is 24.8 Å². The van der Waals surface area contributed by atoms with Crippen LogP contribution in [-0.4, -0.2) is 74.2 Å². The Labute approximate surface area is 209 Å². The quantitative estimate of drug-likeness (QED) is 0.580. The Morgan fingerprint density at radius 3 is 2.64 bits per heavy atom. The third-order valence-electron chi connectivity index (χ3n) is 6.38. The summed E-state index contributed by atoms with van der Waals surface area (Å²) in [5.41, 5.74) is 2.20. The number of carbonyl (C=O) groups is 1. The standard InChI is InChI=1S/C26H30N6O4/c1-16(33)15-35-21-8-22(24-18(9-27)11-29-31(24)14-21)17-5-6-23(28-10-17)30-12-19-7-20(13-30)32(19)25(34)36-26(2,3)4/h5-6,8,10-11,14,16,19-20,33H,7,12-13,15H2,1-4H3/t16-,19?,20?/m0/s1. The maximum Gasteiger partial charge on any atom is 0.410 e. The summed E-state index contributed by atoms with van der Waals surface area (Å²) < 4.78 is 12.9. The minimum absolute atomic E-state index is 0.118. The summed E-state index contributed by atoms with van der Waals surface area (Å²) in [6, 6.07) is 8.20. The molecular weight excluding hydrogens is 460 g/mol. The first-order chi connectivity index (χ1) is 17.1. The normalized spacial score (nSPS) is 20.0. The molecule has 2 bridgehead atoms. The number of aliphatic hydroxyl groups excluding tert-OH is 1. The van der Waals surface area contributed by atoms with Crippen molar-refractivity contribution in [1.82, 2.24) is 19.5 Å². The summed E-state index contributed by atoms with van der Waals surface area (Å²) in [7, 11) is 0. The molecule has 6 heterocycles. The van der Waals surface area contributed by atoms with Gasteiger partial charge in [0.25, 0.3) is 0 Å². The number of amides is 1. The molecule has 6 rings (SSSR count). The van der Waals surface area contributed by atoms with Crippen LogP contribution in [0.1, 0.15) is 39.7 Å². The molecule has 1 amide bonds. The maximum absolute atomic E-state index is 12.6. The lowest BCUT2D eigenvalue weighted by molar-refractivity contribution is -0.0380. The number of hydrogen-bond donors (Lipinski definition) is 1. The molecule has 0 spiro atoms. The molecule has 1 N–H and O–H groups in total. The minimum Gasteiger partial charge on any atom is -0.489 e. The van der Waals surface area contributed by atoms with Crippen LogP contribution in [0.25, 0.3) is 16.6 Å². The second-order valence-electron chi connectivity index (χ2n) is 10.5. The van der Waals surface area contributed by atoms with Gasteiger partial charge >= 0.3 is 6.09 Å². The number of piperidine rings is 1. The molecule has 0 aromatic carbocycles. The summed E-state index contributed by atoms with van der Waals surface area (Å²) in [6.07, 6.45) is 5.11. The van der Waals surface area contributed by atoms with Crippen LogP contribution in [0.3, 0.4) is 0 Å². The fourth-order valence-electron chi connectivity index (χ4n) is 4.84. The first-order valence-electron chi connectivity index (χ1n) is 12.1. The molecule has 36 heavy (non-hydrogen) atoms. The summed E-state index contributed by atoms with van der Waals surface area (Å²) in [5.74, 6) is 1.37.